The van der Waals surface area contributed by atoms with Crippen LogP contribution in [0.25, 0.3) is 0 Å². The Hall–Kier alpha value is -1.57. The number of esters is 1. The molecular formula is C39H71NO2. The van der Waals surface area contributed by atoms with E-state index in [2.05, 4.69) is 82.0 Å². The van der Waals surface area contributed by atoms with Gasteiger partial charge in [0.15, 0.2) is 0 Å². The monoisotopic (exact) mass is 586 g/mol. The number of allylic oxidation sites excluding steroid dienone is 5. The second kappa shape index (κ2) is 32.3. The highest BCUT2D eigenvalue weighted by atomic mass is 16.5. The van der Waals surface area contributed by atoms with Crippen LogP contribution in [-0.4, -0.2) is 37.6 Å². The first kappa shape index (κ1) is 40.4. The van der Waals surface area contributed by atoms with Crippen molar-refractivity contribution in [3.05, 3.63) is 42.2 Å². The Labute approximate surface area is 263 Å². The summed E-state index contributed by atoms with van der Waals surface area (Å²) in [6.45, 7) is 7.85. The summed E-state index contributed by atoms with van der Waals surface area (Å²) in [5.41, 5.74) is 3.42. The van der Waals surface area contributed by atoms with E-state index < -0.39 is 0 Å². The van der Waals surface area contributed by atoms with E-state index in [1.165, 1.54) is 64.2 Å². The molecule has 2 unspecified atom stereocenters. The number of unbranched alkanes of at least 4 members (excludes halogenated alkanes) is 12. The molecule has 0 aromatic carbocycles. The van der Waals surface area contributed by atoms with Gasteiger partial charge in [0.05, 0.1) is 0 Å². The standard InChI is InChI=1S/C39H71NO2/c1-6-9-12-15-18-21-23-27-32-37(33-28-24-22-19-16-13-10-7-2)38(34-29-25-20-17-14-11-8-3)42-39(41)35-30-26-31-36-40(4)5/h18-21,24-25,37-38H,6-17,23,26-36H2,1-5H3/b21-18-,25-20-. The lowest BCUT2D eigenvalue weighted by atomic mass is 9.88. The third kappa shape index (κ3) is 28.5. The van der Waals surface area contributed by atoms with Crippen LogP contribution in [-0.2, 0) is 9.53 Å². The highest BCUT2D eigenvalue weighted by molar-refractivity contribution is 5.69. The molecule has 0 saturated heterocycles. The molecule has 0 N–H and O–H groups in total. The molecule has 0 aliphatic carbocycles. The smallest absolute Gasteiger partial charge is 0.306 e. The Kier molecular flexibility index (Phi) is 31.1. The Morgan fingerprint density at radius 2 is 1.19 bits per heavy atom. The van der Waals surface area contributed by atoms with Crippen molar-refractivity contribution in [1.82, 2.24) is 4.90 Å². The Morgan fingerprint density at radius 3 is 1.81 bits per heavy atom. The van der Waals surface area contributed by atoms with Gasteiger partial charge in [-0.1, -0.05) is 90.0 Å². The molecule has 2 atom stereocenters. The molecule has 0 heterocycles. The fraction of sp³-hybridized carbons (Fsp3) is 0.795. The second-order valence-electron chi connectivity index (χ2n) is 12.5. The van der Waals surface area contributed by atoms with Crippen LogP contribution in [0.5, 0.6) is 0 Å². The van der Waals surface area contributed by atoms with Crippen LogP contribution in [0.4, 0.5) is 0 Å². The lowest BCUT2D eigenvalue weighted by Gasteiger charge is -2.27. The summed E-state index contributed by atoms with van der Waals surface area (Å²) >= 11 is 0. The van der Waals surface area contributed by atoms with E-state index in [4.69, 9.17) is 4.74 Å². The number of hydrogen-bond donors (Lipinski definition) is 0. The molecule has 42 heavy (non-hydrogen) atoms. The summed E-state index contributed by atoms with van der Waals surface area (Å²) < 4.78 is 6.29. The van der Waals surface area contributed by atoms with E-state index in [9.17, 15) is 4.79 Å². The predicted molar refractivity (Wildman–Crippen MR) is 186 cm³/mol. The Balaban J connectivity index is 5.22. The van der Waals surface area contributed by atoms with Gasteiger partial charge in [-0.25, -0.2) is 0 Å². The van der Waals surface area contributed by atoms with E-state index in [0.717, 1.165) is 83.6 Å². The highest BCUT2D eigenvalue weighted by Crippen LogP contribution is 2.26. The van der Waals surface area contributed by atoms with E-state index in [0.29, 0.717) is 12.3 Å². The van der Waals surface area contributed by atoms with Crippen molar-refractivity contribution in [3.8, 4) is 0 Å². The summed E-state index contributed by atoms with van der Waals surface area (Å²) in [6, 6.07) is 0. The first-order chi connectivity index (χ1) is 20.5. The zero-order valence-corrected chi connectivity index (χ0v) is 28.9. The Bertz CT molecular complexity index is 701. The van der Waals surface area contributed by atoms with Crippen LogP contribution >= 0.6 is 0 Å². The van der Waals surface area contributed by atoms with Crippen molar-refractivity contribution in [1.29, 1.82) is 0 Å². The van der Waals surface area contributed by atoms with Gasteiger partial charge in [-0.15, -0.1) is 5.73 Å². The number of carbonyl (C=O) groups excluding carboxylic acids is 1. The van der Waals surface area contributed by atoms with Gasteiger partial charge in [-0.3, -0.25) is 4.79 Å². The summed E-state index contributed by atoms with van der Waals surface area (Å²) in [5.74, 6) is 0.409. The van der Waals surface area contributed by atoms with Crippen LogP contribution in [0, 0.1) is 5.92 Å². The van der Waals surface area contributed by atoms with Crippen LogP contribution in [0.1, 0.15) is 168 Å². The largest absolute Gasteiger partial charge is 0.462 e. The molecule has 3 heteroatoms. The SMILES string of the molecule is CCCCCC=C=CCCC(CCC/C=C\CCCCC)C(CC/C=C\CCCCC)OC(=O)CCCCCN(C)C. The van der Waals surface area contributed by atoms with Gasteiger partial charge in [-0.05, 0) is 135 Å². The molecule has 0 aliphatic heterocycles. The molecule has 0 aromatic rings. The zero-order chi connectivity index (χ0) is 30.9. The first-order valence-corrected chi connectivity index (χ1v) is 18.1. The molecule has 0 saturated carbocycles. The van der Waals surface area contributed by atoms with Gasteiger partial charge < -0.3 is 9.64 Å². The molecular weight excluding hydrogens is 514 g/mol. The summed E-state index contributed by atoms with van der Waals surface area (Å²) in [6.07, 6.45) is 40.0. The fourth-order valence-electron chi connectivity index (χ4n) is 5.31. The molecule has 0 rings (SSSR count). The van der Waals surface area contributed by atoms with Crippen LogP contribution in [0.2, 0.25) is 0 Å². The van der Waals surface area contributed by atoms with Crippen molar-refractivity contribution in [2.24, 2.45) is 5.92 Å². The maximum Gasteiger partial charge on any atom is 0.306 e. The first-order valence-electron chi connectivity index (χ1n) is 18.1. The van der Waals surface area contributed by atoms with Gasteiger partial charge in [0.2, 0.25) is 0 Å². The van der Waals surface area contributed by atoms with Gasteiger partial charge >= 0.3 is 5.97 Å². The van der Waals surface area contributed by atoms with E-state index in [-0.39, 0.29) is 12.1 Å². The zero-order valence-electron chi connectivity index (χ0n) is 28.9. The third-order valence-corrected chi connectivity index (χ3v) is 8.01. The minimum absolute atomic E-state index is 0.00367. The lowest BCUT2D eigenvalue weighted by Crippen LogP contribution is -2.27. The Morgan fingerprint density at radius 1 is 0.619 bits per heavy atom. The molecule has 244 valence electrons. The molecule has 0 radical (unpaired) electrons. The maximum atomic E-state index is 13.0. The summed E-state index contributed by atoms with van der Waals surface area (Å²) in [5, 5.41) is 0. The van der Waals surface area contributed by atoms with Crippen molar-refractivity contribution < 1.29 is 9.53 Å². The van der Waals surface area contributed by atoms with Crippen molar-refractivity contribution in [2.75, 3.05) is 20.6 Å². The van der Waals surface area contributed by atoms with Crippen molar-refractivity contribution in [3.63, 3.8) is 0 Å². The highest BCUT2D eigenvalue weighted by Gasteiger charge is 2.24. The minimum Gasteiger partial charge on any atom is -0.462 e. The lowest BCUT2D eigenvalue weighted by molar-refractivity contribution is -0.152. The van der Waals surface area contributed by atoms with Gasteiger partial charge in [-0.2, -0.15) is 0 Å². The van der Waals surface area contributed by atoms with Crippen LogP contribution in [0.15, 0.2) is 42.2 Å². The number of carbonyl (C=O) groups is 1. The summed E-state index contributed by atoms with van der Waals surface area (Å²) in [7, 11) is 4.22. The molecule has 0 bridgehead atoms. The van der Waals surface area contributed by atoms with Crippen molar-refractivity contribution in [2.45, 2.75) is 175 Å². The number of ether oxygens (including phenoxy) is 1. The average Bonchev–Trinajstić information content (AvgIpc) is 2.97. The fourth-order valence-corrected chi connectivity index (χ4v) is 5.31. The quantitative estimate of drug-likeness (QED) is 0.0363. The summed E-state index contributed by atoms with van der Waals surface area (Å²) in [4.78, 5) is 15.2. The average molecular weight is 586 g/mol. The molecule has 0 aromatic heterocycles. The third-order valence-electron chi connectivity index (χ3n) is 8.01. The van der Waals surface area contributed by atoms with Crippen molar-refractivity contribution >= 4 is 5.97 Å². The number of nitrogens with zero attached hydrogens (tertiary/aromatic N) is 1. The molecule has 3 nitrogen and oxygen atoms in total. The molecule has 0 aliphatic rings. The van der Waals surface area contributed by atoms with Crippen LogP contribution in [0.3, 0.4) is 0 Å². The maximum absolute atomic E-state index is 13.0. The second-order valence-corrected chi connectivity index (χ2v) is 12.5. The van der Waals surface area contributed by atoms with Gasteiger partial charge in [0.25, 0.3) is 0 Å². The number of hydrogen-bond acceptors (Lipinski definition) is 3. The van der Waals surface area contributed by atoms with Gasteiger partial charge in [0, 0.05) is 6.42 Å². The molecule has 0 amide bonds. The number of rotatable bonds is 30. The molecule has 0 spiro atoms. The minimum atomic E-state index is 0.00367. The van der Waals surface area contributed by atoms with Crippen LogP contribution < -0.4 is 0 Å². The van der Waals surface area contributed by atoms with E-state index in [1.54, 1.807) is 0 Å². The predicted octanol–water partition coefficient (Wildman–Crippen LogP) is 11.9. The topological polar surface area (TPSA) is 29.5 Å². The molecule has 0 fully saturated rings. The van der Waals surface area contributed by atoms with E-state index >= 15 is 0 Å². The normalized spacial score (nSPS) is 13.1. The van der Waals surface area contributed by atoms with Gasteiger partial charge in [0.1, 0.15) is 6.10 Å². The van der Waals surface area contributed by atoms with E-state index in [1.807, 2.05) is 0 Å².